The predicted octanol–water partition coefficient (Wildman–Crippen LogP) is 1.46. The van der Waals surface area contributed by atoms with Crippen LogP contribution in [0.5, 0.6) is 0 Å². The Hall–Kier alpha value is -1.47. The van der Waals surface area contributed by atoms with Crippen molar-refractivity contribution in [1.82, 2.24) is 5.32 Å². The first-order chi connectivity index (χ1) is 8.97. The Morgan fingerprint density at radius 1 is 1.53 bits per heavy atom. The van der Waals surface area contributed by atoms with E-state index in [1.807, 2.05) is 6.92 Å². The highest BCUT2D eigenvalue weighted by Gasteiger charge is 2.11. The Morgan fingerprint density at radius 2 is 2.21 bits per heavy atom. The van der Waals surface area contributed by atoms with E-state index >= 15 is 0 Å². The van der Waals surface area contributed by atoms with Crippen molar-refractivity contribution >= 4 is 22.5 Å². The lowest BCUT2D eigenvalue weighted by Crippen LogP contribution is -2.39. The van der Waals surface area contributed by atoms with Gasteiger partial charge in [-0.3, -0.25) is 4.21 Å². The summed E-state index contributed by atoms with van der Waals surface area (Å²) < 4.78 is 24.7. The zero-order valence-corrected chi connectivity index (χ0v) is 11.6. The summed E-state index contributed by atoms with van der Waals surface area (Å²) in [5.41, 5.74) is 0.261. The number of hydrogen-bond acceptors (Lipinski definition) is 3. The average Bonchev–Trinajstić information content (AvgIpc) is 2.35. The van der Waals surface area contributed by atoms with E-state index in [-0.39, 0.29) is 23.2 Å². The number of urea groups is 1. The fourth-order valence-electron chi connectivity index (χ4n) is 1.44. The van der Waals surface area contributed by atoms with Crippen LogP contribution in [-0.2, 0) is 10.8 Å². The number of aliphatic hydroxyl groups excluding tert-OH is 1. The first-order valence-corrected chi connectivity index (χ1v) is 7.35. The van der Waals surface area contributed by atoms with Gasteiger partial charge in [-0.15, -0.1) is 0 Å². The molecular formula is C12H17FN2O3S. The molecule has 2 amide bonds. The number of amides is 2. The smallest absolute Gasteiger partial charge is 0.319 e. The molecule has 0 aliphatic carbocycles. The minimum absolute atomic E-state index is 0.0905. The fourth-order valence-corrected chi connectivity index (χ4v) is 2.03. The topological polar surface area (TPSA) is 78.4 Å². The van der Waals surface area contributed by atoms with Gasteiger partial charge in [-0.05, 0) is 24.6 Å². The van der Waals surface area contributed by atoms with Gasteiger partial charge in [0.2, 0.25) is 0 Å². The molecule has 0 fully saturated rings. The average molecular weight is 288 g/mol. The van der Waals surface area contributed by atoms with Gasteiger partial charge in [0.05, 0.1) is 28.3 Å². The van der Waals surface area contributed by atoms with Crippen LogP contribution in [0, 0.1) is 5.82 Å². The second kappa shape index (κ2) is 7.20. The Balaban J connectivity index is 2.70. The number of carbonyl (C=O) groups is 1. The van der Waals surface area contributed by atoms with E-state index in [2.05, 4.69) is 10.6 Å². The van der Waals surface area contributed by atoms with Crippen LogP contribution in [0.3, 0.4) is 0 Å². The molecule has 0 heterocycles. The molecule has 0 aromatic heterocycles. The molecule has 0 saturated carbocycles. The van der Waals surface area contributed by atoms with Crippen LogP contribution in [-0.4, -0.2) is 34.3 Å². The fraction of sp³-hybridized carbons (Fsp3) is 0.417. The summed E-state index contributed by atoms with van der Waals surface area (Å²) in [6.45, 7) is 1.66. The normalized spacial score (nSPS) is 13.7. The summed E-state index contributed by atoms with van der Waals surface area (Å²) in [5.74, 6) is -0.632. The standard InChI is InChI=1S/C12H17FN2O3S/c1-3-8(7-16)14-12(17)15-9-4-5-11(19(2)18)10(13)6-9/h4-6,8,16H,3,7H2,1-2H3,(H2,14,15,17). The second-order valence-corrected chi connectivity index (χ2v) is 5.33. The van der Waals surface area contributed by atoms with Crippen LogP contribution in [0.4, 0.5) is 14.9 Å². The molecule has 0 bridgehead atoms. The van der Waals surface area contributed by atoms with Crippen molar-refractivity contribution in [3.05, 3.63) is 24.0 Å². The number of hydrogen-bond donors (Lipinski definition) is 3. The first kappa shape index (κ1) is 15.6. The second-order valence-electron chi connectivity index (χ2n) is 3.99. The zero-order valence-electron chi connectivity index (χ0n) is 10.8. The van der Waals surface area contributed by atoms with Gasteiger partial charge < -0.3 is 15.7 Å². The van der Waals surface area contributed by atoms with Gasteiger partial charge in [0, 0.05) is 11.9 Å². The third-order valence-corrected chi connectivity index (χ3v) is 3.50. The van der Waals surface area contributed by atoms with Crippen LogP contribution in [0.1, 0.15) is 13.3 Å². The molecule has 3 N–H and O–H groups in total. The summed E-state index contributed by atoms with van der Waals surface area (Å²) in [6, 6.07) is 3.08. The van der Waals surface area contributed by atoms with Crippen molar-refractivity contribution in [3.8, 4) is 0 Å². The molecule has 0 radical (unpaired) electrons. The van der Waals surface area contributed by atoms with Crippen LogP contribution in [0.25, 0.3) is 0 Å². The number of halogens is 1. The maximum absolute atomic E-state index is 13.5. The van der Waals surface area contributed by atoms with Gasteiger partial charge in [0.25, 0.3) is 0 Å². The lowest BCUT2D eigenvalue weighted by molar-refractivity contribution is 0.222. The minimum Gasteiger partial charge on any atom is -0.394 e. The molecule has 0 saturated heterocycles. The molecule has 5 nitrogen and oxygen atoms in total. The predicted molar refractivity (Wildman–Crippen MR) is 72.1 cm³/mol. The van der Waals surface area contributed by atoms with E-state index in [0.717, 1.165) is 6.07 Å². The number of carbonyl (C=O) groups excluding carboxylic acids is 1. The summed E-state index contributed by atoms with van der Waals surface area (Å²) in [7, 11) is -1.41. The zero-order chi connectivity index (χ0) is 14.4. The van der Waals surface area contributed by atoms with Crippen molar-refractivity contribution < 1.29 is 18.5 Å². The number of nitrogens with one attached hydrogen (secondary N) is 2. The van der Waals surface area contributed by atoms with Gasteiger partial charge >= 0.3 is 6.03 Å². The third kappa shape index (κ3) is 4.60. The van der Waals surface area contributed by atoms with Crippen LogP contribution >= 0.6 is 0 Å². The van der Waals surface area contributed by atoms with Crippen LogP contribution in [0.2, 0.25) is 0 Å². The summed E-state index contributed by atoms with van der Waals surface area (Å²) in [5, 5.41) is 13.9. The molecule has 0 spiro atoms. The van der Waals surface area contributed by atoms with Crippen LogP contribution in [0.15, 0.2) is 23.1 Å². The highest BCUT2D eigenvalue weighted by atomic mass is 32.2. The highest BCUT2D eigenvalue weighted by molar-refractivity contribution is 7.84. The maximum atomic E-state index is 13.5. The van der Waals surface area contributed by atoms with Crippen LogP contribution < -0.4 is 10.6 Å². The van der Waals surface area contributed by atoms with Crippen molar-refractivity contribution in [3.63, 3.8) is 0 Å². The summed E-state index contributed by atoms with van der Waals surface area (Å²) in [6.07, 6.45) is 1.97. The Labute approximate surface area is 113 Å². The van der Waals surface area contributed by atoms with Crippen molar-refractivity contribution in [1.29, 1.82) is 0 Å². The Kier molecular flexibility index (Phi) is 5.91. The largest absolute Gasteiger partial charge is 0.394 e. The van der Waals surface area contributed by atoms with Gasteiger partial charge in [-0.2, -0.15) is 0 Å². The highest BCUT2D eigenvalue weighted by Crippen LogP contribution is 2.16. The van der Waals surface area contributed by atoms with E-state index in [0.29, 0.717) is 6.42 Å². The van der Waals surface area contributed by atoms with E-state index < -0.39 is 22.6 Å². The summed E-state index contributed by atoms with van der Waals surface area (Å²) >= 11 is 0. The van der Waals surface area contributed by atoms with E-state index in [1.165, 1.54) is 18.4 Å². The molecule has 0 aliphatic heterocycles. The Morgan fingerprint density at radius 3 is 2.68 bits per heavy atom. The third-order valence-electron chi connectivity index (χ3n) is 2.55. The molecule has 19 heavy (non-hydrogen) atoms. The quantitative estimate of drug-likeness (QED) is 0.767. The lowest BCUT2D eigenvalue weighted by Gasteiger charge is -2.14. The van der Waals surface area contributed by atoms with Gasteiger partial charge in [0.1, 0.15) is 5.82 Å². The molecule has 2 unspecified atom stereocenters. The minimum atomic E-state index is -1.41. The van der Waals surface area contributed by atoms with Crippen molar-refractivity contribution in [2.24, 2.45) is 0 Å². The van der Waals surface area contributed by atoms with Gasteiger partial charge in [-0.25, -0.2) is 9.18 Å². The summed E-state index contributed by atoms with van der Waals surface area (Å²) in [4.78, 5) is 11.6. The first-order valence-electron chi connectivity index (χ1n) is 5.79. The molecule has 1 aromatic rings. The maximum Gasteiger partial charge on any atom is 0.319 e. The van der Waals surface area contributed by atoms with E-state index in [1.54, 1.807) is 0 Å². The molecule has 0 aliphatic rings. The number of aliphatic hydroxyl groups is 1. The number of anilines is 1. The molecule has 1 aromatic carbocycles. The molecule has 7 heteroatoms. The van der Waals surface area contributed by atoms with Gasteiger partial charge in [0.15, 0.2) is 0 Å². The SMILES string of the molecule is CCC(CO)NC(=O)Nc1ccc(S(C)=O)c(F)c1. The van der Waals surface area contributed by atoms with Crippen molar-refractivity contribution in [2.75, 3.05) is 18.2 Å². The lowest BCUT2D eigenvalue weighted by atomic mass is 10.2. The molecule has 2 atom stereocenters. The molecule has 1 rings (SSSR count). The number of benzene rings is 1. The van der Waals surface area contributed by atoms with Gasteiger partial charge in [-0.1, -0.05) is 6.92 Å². The Bertz CT molecular complexity index is 478. The van der Waals surface area contributed by atoms with E-state index in [4.69, 9.17) is 5.11 Å². The molecule has 106 valence electrons. The van der Waals surface area contributed by atoms with Crippen molar-refractivity contribution in [2.45, 2.75) is 24.3 Å². The number of rotatable bonds is 5. The monoisotopic (exact) mass is 288 g/mol. The molecular weight excluding hydrogens is 271 g/mol. The van der Waals surface area contributed by atoms with E-state index in [9.17, 15) is 13.4 Å².